The van der Waals surface area contributed by atoms with E-state index in [2.05, 4.69) is 5.32 Å². The number of methoxy groups -OCH3 is 3. The predicted molar refractivity (Wildman–Crippen MR) is 101 cm³/mol. The smallest absolute Gasteiger partial charge is 0.338 e. The minimum atomic E-state index is -0.721. The lowest BCUT2D eigenvalue weighted by Gasteiger charge is -2.13. The maximum absolute atomic E-state index is 12.3. The van der Waals surface area contributed by atoms with Crippen LogP contribution in [0.1, 0.15) is 27.6 Å². The van der Waals surface area contributed by atoms with Crippen molar-refractivity contribution in [2.24, 2.45) is 0 Å². The Kier molecular flexibility index (Phi) is 6.97. The number of ether oxygens (including phenoxy) is 4. The van der Waals surface area contributed by atoms with Gasteiger partial charge in [-0.2, -0.15) is 0 Å². The fourth-order valence-electron chi connectivity index (χ4n) is 2.40. The molecule has 0 saturated heterocycles. The summed E-state index contributed by atoms with van der Waals surface area (Å²) >= 11 is 0. The van der Waals surface area contributed by atoms with E-state index < -0.39 is 18.5 Å². The van der Waals surface area contributed by atoms with Crippen LogP contribution in [-0.2, 0) is 9.53 Å². The van der Waals surface area contributed by atoms with Crippen molar-refractivity contribution >= 4 is 23.3 Å². The van der Waals surface area contributed by atoms with Crippen LogP contribution < -0.4 is 19.5 Å². The zero-order valence-electron chi connectivity index (χ0n) is 16.0. The van der Waals surface area contributed by atoms with Gasteiger partial charge in [0.05, 0.1) is 26.9 Å². The van der Waals surface area contributed by atoms with Crippen molar-refractivity contribution < 1.29 is 33.3 Å². The Balaban J connectivity index is 2.01. The number of nitrogens with one attached hydrogen (secondary N) is 1. The molecule has 2 aromatic rings. The van der Waals surface area contributed by atoms with E-state index in [1.165, 1.54) is 40.4 Å². The Morgan fingerprint density at radius 3 is 1.89 bits per heavy atom. The lowest BCUT2D eigenvalue weighted by molar-refractivity contribution is -0.119. The Morgan fingerprint density at radius 1 is 0.857 bits per heavy atom. The Hall–Kier alpha value is -3.55. The van der Waals surface area contributed by atoms with Crippen LogP contribution in [-0.4, -0.2) is 45.6 Å². The molecule has 8 nitrogen and oxygen atoms in total. The van der Waals surface area contributed by atoms with Crippen LogP contribution in [0.5, 0.6) is 17.2 Å². The van der Waals surface area contributed by atoms with Crippen molar-refractivity contribution in [1.29, 1.82) is 0 Å². The maximum atomic E-state index is 12.3. The topological polar surface area (TPSA) is 100 Å². The molecule has 0 fully saturated rings. The van der Waals surface area contributed by atoms with Crippen LogP contribution in [0.4, 0.5) is 5.69 Å². The molecule has 0 heterocycles. The zero-order valence-corrected chi connectivity index (χ0v) is 16.0. The summed E-state index contributed by atoms with van der Waals surface area (Å²) in [6, 6.07) is 9.25. The summed E-state index contributed by atoms with van der Waals surface area (Å²) in [5.74, 6) is -0.379. The molecule has 0 saturated carbocycles. The number of esters is 1. The molecule has 0 unspecified atom stereocenters. The molecule has 0 radical (unpaired) electrons. The molecule has 0 aliphatic heterocycles. The molecule has 2 aromatic carbocycles. The third kappa shape index (κ3) is 5.00. The zero-order chi connectivity index (χ0) is 20.7. The quantitative estimate of drug-likeness (QED) is 0.549. The van der Waals surface area contributed by atoms with Gasteiger partial charge in [-0.3, -0.25) is 9.59 Å². The molecule has 2 rings (SSSR count). The van der Waals surface area contributed by atoms with Crippen molar-refractivity contribution in [3.8, 4) is 17.2 Å². The number of anilines is 1. The molecule has 1 amide bonds. The highest BCUT2D eigenvalue weighted by atomic mass is 16.5. The van der Waals surface area contributed by atoms with Crippen LogP contribution in [0.2, 0.25) is 0 Å². The molecular weight excluding hydrogens is 366 g/mol. The molecular formula is C20H21NO7. The number of carbonyl (C=O) groups is 3. The Bertz CT molecular complexity index is 850. The summed E-state index contributed by atoms with van der Waals surface area (Å²) in [6.45, 7) is 0.972. The molecule has 1 N–H and O–H groups in total. The van der Waals surface area contributed by atoms with Gasteiger partial charge >= 0.3 is 5.97 Å². The predicted octanol–water partition coefficient (Wildman–Crippen LogP) is 2.71. The third-order valence-electron chi connectivity index (χ3n) is 3.81. The second-order valence-electron chi connectivity index (χ2n) is 5.67. The van der Waals surface area contributed by atoms with Gasteiger partial charge in [-0.1, -0.05) is 0 Å². The Labute approximate surface area is 162 Å². The highest BCUT2D eigenvalue weighted by molar-refractivity contribution is 5.97. The van der Waals surface area contributed by atoms with E-state index in [1.54, 1.807) is 24.3 Å². The molecule has 148 valence electrons. The van der Waals surface area contributed by atoms with Gasteiger partial charge in [0.25, 0.3) is 5.91 Å². The number of hydrogen-bond donors (Lipinski definition) is 1. The summed E-state index contributed by atoms with van der Waals surface area (Å²) in [5, 5.41) is 2.58. The summed E-state index contributed by atoms with van der Waals surface area (Å²) in [4.78, 5) is 35.5. The normalized spacial score (nSPS) is 10.0. The van der Waals surface area contributed by atoms with Crippen molar-refractivity contribution in [2.75, 3.05) is 33.3 Å². The highest BCUT2D eigenvalue weighted by Gasteiger charge is 2.18. The standard InChI is InChI=1S/C20H21NO7/c1-12(22)13-5-7-15(8-6-13)21-18(23)11-28-20(24)14-9-16(25-2)19(27-4)17(10-14)26-3/h5-10H,11H2,1-4H3,(H,21,23). The maximum Gasteiger partial charge on any atom is 0.338 e. The van der Waals surface area contributed by atoms with Crippen LogP contribution in [0.25, 0.3) is 0 Å². The average Bonchev–Trinajstić information content (AvgIpc) is 2.71. The van der Waals surface area contributed by atoms with Crippen LogP contribution in [0.3, 0.4) is 0 Å². The molecule has 0 aliphatic rings. The van der Waals surface area contributed by atoms with Crippen molar-refractivity contribution in [1.82, 2.24) is 0 Å². The highest BCUT2D eigenvalue weighted by Crippen LogP contribution is 2.38. The van der Waals surface area contributed by atoms with Gasteiger partial charge in [0.1, 0.15) is 0 Å². The SMILES string of the molecule is COc1cc(C(=O)OCC(=O)Nc2ccc(C(C)=O)cc2)cc(OC)c1OC. The number of benzene rings is 2. The van der Waals surface area contributed by atoms with E-state index in [0.29, 0.717) is 28.5 Å². The summed E-state index contributed by atoms with van der Waals surface area (Å²) in [5.41, 5.74) is 1.17. The number of rotatable bonds is 8. The largest absolute Gasteiger partial charge is 0.493 e. The van der Waals surface area contributed by atoms with E-state index in [4.69, 9.17) is 18.9 Å². The number of carbonyl (C=O) groups excluding carboxylic acids is 3. The second-order valence-corrected chi connectivity index (χ2v) is 5.67. The van der Waals surface area contributed by atoms with E-state index >= 15 is 0 Å². The minimum absolute atomic E-state index is 0.0721. The first-order valence-electron chi connectivity index (χ1n) is 8.27. The second kappa shape index (κ2) is 9.40. The number of amides is 1. The Morgan fingerprint density at radius 2 is 1.43 bits per heavy atom. The molecule has 0 bridgehead atoms. The van der Waals surface area contributed by atoms with Crippen LogP contribution >= 0.6 is 0 Å². The van der Waals surface area contributed by atoms with E-state index in [9.17, 15) is 14.4 Å². The van der Waals surface area contributed by atoms with E-state index in [-0.39, 0.29) is 11.3 Å². The first-order valence-corrected chi connectivity index (χ1v) is 8.27. The van der Waals surface area contributed by atoms with Gasteiger partial charge in [-0.25, -0.2) is 4.79 Å². The van der Waals surface area contributed by atoms with Crippen molar-refractivity contribution in [3.05, 3.63) is 47.5 Å². The monoisotopic (exact) mass is 387 g/mol. The fraction of sp³-hybridized carbons (Fsp3) is 0.250. The molecule has 0 atom stereocenters. The van der Waals surface area contributed by atoms with Crippen LogP contribution in [0.15, 0.2) is 36.4 Å². The average molecular weight is 387 g/mol. The van der Waals surface area contributed by atoms with Gasteiger partial charge in [0, 0.05) is 11.3 Å². The summed E-state index contributed by atoms with van der Waals surface area (Å²) in [7, 11) is 4.31. The summed E-state index contributed by atoms with van der Waals surface area (Å²) < 4.78 is 20.6. The van der Waals surface area contributed by atoms with Crippen LogP contribution in [0, 0.1) is 0 Å². The van der Waals surface area contributed by atoms with Crippen molar-refractivity contribution in [3.63, 3.8) is 0 Å². The lowest BCUT2D eigenvalue weighted by Crippen LogP contribution is -2.21. The fourth-order valence-corrected chi connectivity index (χ4v) is 2.40. The lowest BCUT2D eigenvalue weighted by atomic mass is 10.1. The molecule has 28 heavy (non-hydrogen) atoms. The summed E-state index contributed by atoms with van der Waals surface area (Å²) in [6.07, 6.45) is 0. The first-order chi connectivity index (χ1) is 13.4. The van der Waals surface area contributed by atoms with Crippen molar-refractivity contribution in [2.45, 2.75) is 6.92 Å². The van der Waals surface area contributed by atoms with E-state index in [1.807, 2.05) is 0 Å². The van der Waals surface area contributed by atoms with Gasteiger partial charge in [-0.15, -0.1) is 0 Å². The number of ketones is 1. The van der Waals surface area contributed by atoms with Gasteiger partial charge < -0.3 is 24.3 Å². The molecule has 8 heteroatoms. The van der Waals surface area contributed by atoms with Gasteiger partial charge in [0.15, 0.2) is 23.9 Å². The molecule has 0 spiro atoms. The third-order valence-corrected chi connectivity index (χ3v) is 3.81. The molecule has 0 aromatic heterocycles. The first kappa shape index (κ1) is 20.8. The molecule has 0 aliphatic carbocycles. The number of Topliss-reactive ketones (excluding diaryl/α,β-unsaturated/α-hetero) is 1. The van der Waals surface area contributed by atoms with E-state index in [0.717, 1.165) is 0 Å². The number of hydrogen-bond acceptors (Lipinski definition) is 7. The minimum Gasteiger partial charge on any atom is -0.493 e. The van der Waals surface area contributed by atoms with Gasteiger partial charge in [0.2, 0.25) is 5.75 Å². The van der Waals surface area contributed by atoms with Gasteiger partial charge in [-0.05, 0) is 43.3 Å².